The zero-order chi connectivity index (χ0) is 13.8. The number of halogens is 2. The SMILES string of the molecule is NNC(=O)c1sccc1COc1ccc(F)cc1Cl. The van der Waals surface area contributed by atoms with Crippen molar-refractivity contribution in [3.63, 3.8) is 0 Å². The lowest BCUT2D eigenvalue weighted by atomic mass is 10.2. The van der Waals surface area contributed by atoms with Gasteiger partial charge in [-0.05, 0) is 29.6 Å². The molecule has 3 N–H and O–H groups in total. The number of ether oxygens (including phenoxy) is 1. The summed E-state index contributed by atoms with van der Waals surface area (Å²) in [5.74, 6) is 4.63. The molecule has 0 atom stereocenters. The molecule has 100 valence electrons. The Kier molecular flexibility index (Phi) is 4.36. The molecule has 0 fully saturated rings. The number of rotatable bonds is 4. The number of benzene rings is 1. The summed E-state index contributed by atoms with van der Waals surface area (Å²) in [7, 11) is 0. The summed E-state index contributed by atoms with van der Waals surface area (Å²) in [6, 6.07) is 5.61. The van der Waals surface area contributed by atoms with Crippen molar-refractivity contribution in [3.05, 3.63) is 50.9 Å². The maximum Gasteiger partial charge on any atom is 0.275 e. The Bertz CT molecular complexity index is 603. The molecule has 1 amide bonds. The molecule has 0 spiro atoms. The highest BCUT2D eigenvalue weighted by atomic mass is 35.5. The van der Waals surface area contributed by atoms with Crippen LogP contribution in [0.1, 0.15) is 15.2 Å². The number of carbonyl (C=O) groups is 1. The largest absolute Gasteiger partial charge is 0.487 e. The Morgan fingerprint density at radius 3 is 2.95 bits per heavy atom. The van der Waals surface area contributed by atoms with Gasteiger partial charge in [0, 0.05) is 5.56 Å². The number of hydrogen-bond donors (Lipinski definition) is 2. The second kappa shape index (κ2) is 6.01. The maximum atomic E-state index is 12.9. The fourth-order valence-electron chi connectivity index (χ4n) is 1.46. The second-order valence-electron chi connectivity index (χ2n) is 3.61. The number of carbonyl (C=O) groups excluding carboxylic acids is 1. The molecule has 2 rings (SSSR count). The molecule has 0 saturated heterocycles. The predicted octanol–water partition coefficient (Wildman–Crippen LogP) is 2.72. The summed E-state index contributed by atoms with van der Waals surface area (Å²) >= 11 is 7.10. The van der Waals surface area contributed by atoms with Crippen molar-refractivity contribution in [1.82, 2.24) is 5.43 Å². The van der Waals surface area contributed by atoms with Crippen LogP contribution in [0.2, 0.25) is 5.02 Å². The summed E-state index contributed by atoms with van der Waals surface area (Å²) in [5.41, 5.74) is 2.75. The first kappa shape index (κ1) is 13.8. The van der Waals surface area contributed by atoms with Crippen LogP contribution in [-0.4, -0.2) is 5.91 Å². The van der Waals surface area contributed by atoms with E-state index in [9.17, 15) is 9.18 Å². The number of nitrogens with two attached hydrogens (primary N) is 1. The van der Waals surface area contributed by atoms with E-state index in [2.05, 4.69) is 5.43 Å². The van der Waals surface area contributed by atoms with Gasteiger partial charge in [0.2, 0.25) is 0 Å². The molecule has 4 nitrogen and oxygen atoms in total. The fraction of sp³-hybridized carbons (Fsp3) is 0.0833. The van der Waals surface area contributed by atoms with Crippen LogP contribution < -0.4 is 16.0 Å². The van der Waals surface area contributed by atoms with Crippen LogP contribution in [-0.2, 0) is 6.61 Å². The van der Waals surface area contributed by atoms with E-state index in [0.29, 0.717) is 16.2 Å². The number of amides is 1. The van der Waals surface area contributed by atoms with Crippen LogP contribution >= 0.6 is 22.9 Å². The first-order valence-corrected chi connectivity index (χ1v) is 6.52. The normalized spacial score (nSPS) is 10.3. The number of hydrogen-bond acceptors (Lipinski definition) is 4. The van der Waals surface area contributed by atoms with Crippen molar-refractivity contribution in [2.45, 2.75) is 6.61 Å². The highest BCUT2D eigenvalue weighted by Crippen LogP contribution is 2.26. The number of nitrogen functional groups attached to an aromatic ring is 1. The monoisotopic (exact) mass is 300 g/mol. The van der Waals surface area contributed by atoms with E-state index in [1.165, 1.54) is 23.5 Å². The van der Waals surface area contributed by atoms with E-state index in [1.54, 1.807) is 11.4 Å². The van der Waals surface area contributed by atoms with Crippen molar-refractivity contribution in [2.24, 2.45) is 5.84 Å². The Hall–Kier alpha value is -1.63. The highest BCUT2D eigenvalue weighted by molar-refractivity contribution is 7.12. The van der Waals surface area contributed by atoms with Gasteiger partial charge in [0.1, 0.15) is 18.2 Å². The quantitative estimate of drug-likeness (QED) is 0.518. The van der Waals surface area contributed by atoms with Crippen molar-refractivity contribution < 1.29 is 13.9 Å². The molecule has 1 heterocycles. The van der Waals surface area contributed by atoms with Crippen molar-refractivity contribution in [3.8, 4) is 5.75 Å². The lowest BCUT2D eigenvalue weighted by Gasteiger charge is -2.08. The van der Waals surface area contributed by atoms with Gasteiger partial charge >= 0.3 is 0 Å². The third-order valence-corrected chi connectivity index (χ3v) is 3.61. The third kappa shape index (κ3) is 3.23. The van der Waals surface area contributed by atoms with Crippen LogP contribution in [0.15, 0.2) is 29.6 Å². The predicted molar refractivity (Wildman–Crippen MR) is 71.7 cm³/mol. The second-order valence-corrected chi connectivity index (χ2v) is 4.94. The Balaban J connectivity index is 2.10. The zero-order valence-electron chi connectivity index (χ0n) is 9.65. The molecule has 0 unspecified atom stereocenters. The molecule has 0 aliphatic rings. The van der Waals surface area contributed by atoms with Crippen LogP contribution in [0.5, 0.6) is 5.75 Å². The summed E-state index contributed by atoms with van der Waals surface area (Å²) in [6.45, 7) is 0.150. The van der Waals surface area contributed by atoms with Gasteiger partial charge < -0.3 is 4.74 Å². The van der Waals surface area contributed by atoms with E-state index >= 15 is 0 Å². The standard InChI is InChI=1S/C12H10ClFN2O2S/c13-9-5-8(14)1-2-10(9)18-6-7-3-4-19-11(7)12(17)16-15/h1-5H,6,15H2,(H,16,17). The number of hydrazine groups is 1. The van der Waals surface area contributed by atoms with Crippen molar-refractivity contribution >= 4 is 28.8 Å². The Morgan fingerprint density at radius 1 is 1.47 bits per heavy atom. The topological polar surface area (TPSA) is 64.3 Å². The molecular weight excluding hydrogens is 291 g/mol. The molecule has 19 heavy (non-hydrogen) atoms. The van der Waals surface area contributed by atoms with E-state index in [4.69, 9.17) is 22.2 Å². The van der Waals surface area contributed by atoms with Crippen molar-refractivity contribution in [2.75, 3.05) is 0 Å². The minimum atomic E-state index is -0.434. The molecule has 0 aliphatic carbocycles. The highest BCUT2D eigenvalue weighted by Gasteiger charge is 2.13. The number of nitrogens with one attached hydrogen (secondary N) is 1. The molecule has 0 aliphatic heterocycles. The smallest absolute Gasteiger partial charge is 0.275 e. The lowest BCUT2D eigenvalue weighted by molar-refractivity contribution is 0.0955. The first-order chi connectivity index (χ1) is 9.11. The van der Waals surface area contributed by atoms with Crippen LogP contribution in [0, 0.1) is 5.82 Å². The summed E-state index contributed by atoms with van der Waals surface area (Å²) in [4.78, 5) is 11.9. The summed E-state index contributed by atoms with van der Waals surface area (Å²) < 4.78 is 18.3. The van der Waals surface area contributed by atoms with Gasteiger partial charge in [-0.15, -0.1) is 11.3 Å². The molecule has 0 bridgehead atoms. The average molecular weight is 301 g/mol. The van der Waals surface area contributed by atoms with Gasteiger partial charge in [-0.1, -0.05) is 11.6 Å². The van der Waals surface area contributed by atoms with Crippen LogP contribution in [0.25, 0.3) is 0 Å². The Labute approximate surface area is 117 Å². The summed E-state index contributed by atoms with van der Waals surface area (Å²) in [6.07, 6.45) is 0. The van der Waals surface area contributed by atoms with E-state index in [-0.39, 0.29) is 17.5 Å². The minimum absolute atomic E-state index is 0.150. The van der Waals surface area contributed by atoms with E-state index in [1.807, 2.05) is 0 Å². The fourth-order valence-corrected chi connectivity index (χ4v) is 2.50. The zero-order valence-corrected chi connectivity index (χ0v) is 11.2. The van der Waals surface area contributed by atoms with E-state index in [0.717, 1.165) is 6.07 Å². The summed E-state index contributed by atoms with van der Waals surface area (Å²) in [5, 5.41) is 1.94. The molecule has 0 saturated carbocycles. The molecule has 1 aromatic carbocycles. The molecular formula is C12H10ClFN2O2S. The van der Waals surface area contributed by atoms with Gasteiger partial charge in [0.25, 0.3) is 5.91 Å². The van der Waals surface area contributed by atoms with Gasteiger partial charge in [0.15, 0.2) is 0 Å². The number of thiophene rings is 1. The maximum absolute atomic E-state index is 12.9. The first-order valence-electron chi connectivity index (χ1n) is 5.27. The Morgan fingerprint density at radius 2 is 2.26 bits per heavy atom. The van der Waals surface area contributed by atoms with Gasteiger partial charge in [-0.3, -0.25) is 10.2 Å². The molecule has 7 heteroatoms. The van der Waals surface area contributed by atoms with Gasteiger partial charge in [0.05, 0.1) is 9.90 Å². The molecule has 1 aromatic heterocycles. The molecule has 0 radical (unpaired) electrons. The molecule has 2 aromatic rings. The van der Waals surface area contributed by atoms with Crippen molar-refractivity contribution in [1.29, 1.82) is 0 Å². The minimum Gasteiger partial charge on any atom is -0.487 e. The van der Waals surface area contributed by atoms with E-state index < -0.39 is 5.82 Å². The lowest BCUT2D eigenvalue weighted by Crippen LogP contribution is -2.30. The van der Waals surface area contributed by atoms with Crippen LogP contribution in [0.4, 0.5) is 4.39 Å². The van der Waals surface area contributed by atoms with Crippen LogP contribution in [0.3, 0.4) is 0 Å². The van der Waals surface area contributed by atoms with Gasteiger partial charge in [-0.2, -0.15) is 0 Å². The average Bonchev–Trinajstić information content (AvgIpc) is 2.85. The third-order valence-electron chi connectivity index (χ3n) is 2.36. The van der Waals surface area contributed by atoms with Gasteiger partial charge in [-0.25, -0.2) is 10.2 Å².